The topological polar surface area (TPSA) is 21.3 Å². The van der Waals surface area contributed by atoms with E-state index < -0.39 is 0 Å². The maximum atomic E-state index is 5.85. The predicted octanol–water partition coefficient (Wildman–Crippen LogP) is 4.96. The minimum absolute atomic E-state index is 0.390. The summed E-state index contributed by atoms with van der Waals surface area (Å²) in [6, 6.07) is 17.4. The van der Waals surface area contributed by atoms with Gasteiger partial charge in [0.1, 0.15) is 5.75 Å². The number of aryl methyl sites for hydroxylation is 1. The van der Waals surface area contributed by atoms with Gasteiger partial charge in [0.05, 0.1) is 18.3 Å². The van der Waals surface area contributed by atoms with E-state index in [1.54, 1.807) is 0 Å². The molecule has 2 heteroatoms. The molecule has 1 atom stereocenters. The summed E-state index contributed by atoms with van der Waals surface area (Å²) in [7, 11) is 0. The van der Waals surface area contributed by atoms with E-state index in [1.165, 1.54) is 30.4 Å². The Hall–Kier alpha value is -1.96. The molecule has 2 aromatic rings. The van der Waals surface area contributed by atoms with Gasteiger partial charge in [0.2, 0.25) is 0 Å². The van der Waals surface area contributed by atoms with Crippen molar-refractivity contribution in [1.82, 2.24) is 0 Å². The molecule has 2 nitrogen and oxygen atoms in total. The standard InChI is InChI=1S/C19H23NO/c1-2-14-21-19-13-6-5-11-18(19)20-17-12-7-9-15-8-3-4-10-16(15)17/h3-6,8,10-11,13,17,20H,2,7,9,12,14H2,1H3. The fourth-order valence-corrected chi connectivity index (χ4v) is 3.02. The number of anilines is 1. The van der Waals surface area contributed by atoms with Crippen LogP contribution >= 0.6 is 0 Å². The number of hydrogen-bond acceptors (Lipinski definition) is 2. The van der Waals surface area contributed by atoms with E-state index in [2.05, 4.69) is 48.6 Å². The van der Waals surface area contributed by atoms with Gasteiger partial charge in [-0.05, 0) is 48.9 Å². The fourth-order valence-electron chi connectivity index (χ4n) is 3.02. The number of ether oxygens (including phenoxy) is 1. The summed E-state index contributed by atoms with van der Waals surface area (Å²) in [6.07, 6.45) is 4.65. The second-order valence-corrected chi connectivity index (χ2v) is 5.63. The van der Waals surface area contributed by atoms with Crippen LogP contribution in [0.2, 0.25) is 0 Å². The molecule has 0 saturated heterocycles. The van der Waals surface area contributed by atoms with Crippen LogP contribution in [0.4, 0.5) is 5.69 Å². The summed E-state index contributed by atoms with van der Waals surface area (Å²) >= 11 is 0. The number of para-hydroxylation sites is 2. The predicted molar refractivity (Wildman–Crippen MR) is 88.0 cm³/mol. The van der Waals surface area contributed by atoms with Crippen molar-refractivity contribution in [3.63, 3.8) is 0 Å². The first-order chi connectivity index (χ1) is 10.4. The number of benzene rings is 2. The largest absolute Gasteiger partial charge is 0.491 e. The van der Waals surface area contributed by atoms with Crippen LogP contribution in [-0.2, 0) is 6.42 Å². The summed E-state index contributed by atoms with van der Waals surface area (Å²) in [5, 5.41) is 3.69. The highest BCUT2D eigenvalue weighted by atomic mass is 16.5. The summed E-state index contributed by atoms with van der Waals surface area (Å²) in [5.74, 6) is 0.961. The third-order valence-corrected chi connectivity index (χ3v) is 4.05. The van der Waals surface area contributed by atoms with Crippen molar-refractivity contribution in [1.29, 1.82) is 0 Å². The van der Waals surface area contributed by atoms with E-state index in [9.17, 15) is 0 Å². The maximum absolute atomic E-state index is 5.85. The van der Waals surface area contributed by atoms with Crippen LogP contribution in [0.25, 0.3) is 0 Å². The molecule has 0 spiro atoms. The molecule has 1 unspecified atom stereocenters. The minimum Gasteiger partial charge on any atom is -0.491 e. The van der Waals surface area contributed by atoms with Gasteiger partial charge in [-0.1, -0.05) is 43.3 Å². The molecule has 0 fully saturated rings. The normalized spacial score (nSPS) is 17.1. The smallest absolute Gasteiger partial charge is 0.142 e. The Kier molecular flexibility index (Phi) is 4.44. The zero-order chi connectivity index (χ0) is 14.5. The Morgan fingerprint density at radius 3 is 2.81 bits per heavy atom. The van der Waals surface area contributed by atoms with E-state index in [1.807, 2.05) is 12.1 Å². The molecule has 0 aromatic heterocycles. The van der Waals surface area contributed by atoms with Crippen molar-refractivity contribution in [3.05, 3.63) is 59.7 Å². The monoisotopic (exact) mass is 281 g/mol. The van der Waals surface area contributed by atoms with Crippen LogP contribution in [0, 0.1) is 0 Å². The fraction of sp³-hybridized carbons (Fsp3) is 0.368. The second kappa shape index (κ2) is 6.66. The van der Waals surface area contributed by atoms with Crippen molar-refractivity contribution in [2.45, 2.75) is 38.6 Å². The van der Waals surface area contributed by atoms with E-state index in [0.717, 1.165) is 24.5 Å². The lowest BCUT2D eigenvalue weighted by atomic mass is 9.87. The molecular formula is C19H23NO. The zero-order valence-corrected chi connectivity index (χ0v) is 12.6. The number of rotatable bonds is 5. The molecule has 0 bridgehead atoms. The highest BCUT2D eigenvalue weighted by Gasteiger charge is 2.20. The molecule has 2 aromatic carbocycles. The Morgan fingerprint density at radius 1 is 1.10 bits per heavy atom. The second-order valence-electron chi connectivity index (χ2n) is 5.63. The van der Waals surface area contributed by atoms with Gasteiger partial charge in [0.15, 0.2) is 0 Å². The van der Waals surface area contributed by atoms with Gasteiger partial charge in [0.25, 0.3) is 0 Å². The molecule has 0 saturated carbocycles. The van der Waals surface area contributed by atoms with E-state index in [0.29, 0.717) is 6.04 Å². The average Bonchev–Trinajstić information content (AvgIpc) is 2.54. The van der Waals surface area contributed by atoms with Crippen molar-refractivity contribution in [2.24, 2.45) is 0 Å². The number of nitrogens with one attached hydrogen (secondary N) is 1. The molecule has 0 heterocycles. The summed E-state index contributed by atoms with van der Waals surface area (Å²) < 4.78 is 5.85. The lowest BCUT2D eigenvalue weighted by Crippen LogP contribution is -2.17. The van der Waals surface area contributed by atoms with Crippen molar-refractivity contribution < 1.29 is 4.74 Å². The highest BCUT2D eigenvalue weighted by Crippen LogP contribution is 2.35. The molecular weight excluding hydrogens is 258 g/mol. The van der Waals surface area contributed by atoms with Gasteiger partial charge < -0.3 is 10.1 Å². The van der Waals surface area contributed by atoms with E-state index >= 15 is 0 Å². The summed E-state index contributed by atoms with van der Waals surface area (Å²) in [6.45, 7) is 2.90. The first kappa shape index (κ1) is 14.0. The Balaban J connectivity index is 1.81. The van der Waals surface area contributed by atoms with Crippen LogP contribution in [0.1, 0.15) is 43.4 Å². The van der Waals surface area contributed by atoms with Crippen LogP contribution in [-0.4, -0.2) is 6.61 Å². The third kappa shape index (κ3) is 3.21. The molecule has 3 rings (SSSR count). The van der Waals surface area contributed by atoms with Crippen LogP contribution in [0.3, 0.4) is 0 Å². The van der Waals surface area contributed by atoms with Gasteiger partial charge in [-0.2, -0.15) is 0 Å². The SMILES string of the molecule is CCCOc1ccccc1NC1CCCc2ccccc21. The molecule has 0 aliphatic heterocycles. The quantitative estimate of drug-likeness (QED) is 0.836. The Labute approximate surface area is 127 Å². The summed E-state index contributed by atoms with van der Waals surface area (Å²) in [4.78, 5) is 0. The van der Waals surface area contributed by atoms with Gasteiger partial charge in [-0.15, -0.1) is 0 Å². The number of fused-ring (bicyclic) bond motifs is 1. The van der Waals surface area contributed by atoms with Crippen LogP contribution < -0.4 is 10.1 Å². The van der Waals surface area contributed by atoms with Crippen molar-refractivity contribution >= 4 is 5.69 Å². The average molecular weight is 281 g/mol. The van der Waals surface area contributed by atoms with Crippen molar-refractivity contribution in [3.8, 4) is 5.75 Å². The molecule has 1 aliphatic rings. The van der Waals surface area contributed by atoms with Crippen molar-refractivity contribution in [2.75, 3.05) is 11.9 Å². The summed E-state index contributed by atoms with van der Waals surface area (Å²) in [5.41, 5.74) is 4.02. The molecule has 1 aliphatic carbocycles. The van der Waals surface area contributed by atoms with Crippen LogP contribution in [0.15, 0.2) is 48.5 Å². The molecule has 0 amide bonds. The molecule has 0 radical (unpaired) electrons. The lowest BCUT2D eigenvalue weighted by molar-refractivity contribution is 0.318. The minimum atomic E-state index is 0.390. The first-order valence-corrected chi connectivity index (χ1v) is 7.94. The van der Waals surface area contributed by atoms with Gasteiger partial charge in [0, 0.05) is 0 Å². The number of hydrogen-bond donors (Lipinski definition) is 1. The maximum Gasteiger partial charge on any atom is 0.142 e. The molecule has 110 valence electrons. The Bertz CT molecular complexity index is 594. The van der Waals surface area contributed by atoms with Gasteiger partial charge in [-0.3, -0.25) is 0 Å². The third-order valence-electron chi connectivity index (χ3n) is 4.05. The Morgan fingerprint density at radius 2 is 1.90 bits per heavy atom. The van der Waals surface area contributed by atoms with Gasteiger partial charge >= 0.3 is 0 Å². The first-order valence-electron chi connectivity index (χ1n) is 7.94. The van der Waals surface area contributed by atoms with Gasteiger partial charge in [-0.25, -0.2) is 0 Å². The molecule has 1 N–H and O–H groups in total. The zero-order valence-electron chi connectivity index (χ0n) is 12.6. The van der Waals surface area contributed by atoms with E-state index in [-0.39, 0.29) is 0 Å². The highest BCUT2D eigenvalue weighted by molar-refractivity contribution is 5.58. The molecule has 21 heavy (non-hydrogen) atoms. The van der Waals surface area contributed by atoms with Crippen LogP contribution in [0.5, 0.6) is 5.75 Å². The van der Waals surface area contributed by atoms with E-state index in [4.69, 9.17) is 4.74 Å². The lowest BCUT2D eigenvalue weighted by Gasteiger charge is -2.28.